The summed E-state index contributed by atoms with van der Waals surface area (Å²) >= 11 is 0. The molecule has 0 saturated heterocycles. The van der Waals surface area contributed by atoms with Crippen LogP contribution in [0.5, 0.6) is 0 Å². The summed E-state index contributed by atoms with van der Waals surface area (Å²) < 4.78 is 22.5. The Morgan fingerprint density at radius 1 is 1.35 bits per heavy atom. The lowest BCUT2D eigenvalue weighted by Gasteiger charge is -2.25. The lowest BCUT2D eigenvalue weighted by Crippen LogP contribution is -2.45. The molecular weight excluding hydrogens is 463 g/mol. The first-order valence-corrected chi connectivity index (χ1v) is 10.8. The predicted molar refractivity (Wildman–Crippen MR) is 123 cm³/mol. The summed E-state index contributed by atoms with van der Waals surface area (Å²) in [6, 6.07) is 8.52. The first-order chi connectivity index (χ1) is 11.7. The van der Waals surface area contributed by atoms with Crippen LogP contribution in [0.15, 0.2) is 29.3 Å². The molecule has 1 unspecified atom stereocenters. The number of nitrogens with one attached hydrogen (secondary N) is 2. The minimum absolute atomic E-state index is 0. The second-order valence-corrected chi connectivity index (χ2v) is 8.64. The molecule has 1 aromatic carbocycles. The molecule has 6 nitrogen and oxygen atoms in total. The van der Waals surface area contributed by atoms with E-state index in [0.717, 1.165) is 19.6 Å². The van der Waals surface area contributed by atoms with E-state index in [4.69, 9.17) is 0 Å². The van der Waals surface area contributed by atoms with Gasteiger partial charge >= 0.3 is 0 Å². The van der Waals surface area contributed by atoms with Crippen LogP contribution in [0.2, 0.25) is 0 Å². The molecule has 0 aliphatic carbocycles. The summed E-state index contributed by atoms with van der Waals surface area (Å²) in [6.07, 6.45) is 1.82. The van der Waals surface area contributed by atoms with Crippen LogP contribution in [0, 0.1) is 6.92 Å². The molecule has 0 fully saturated rings. The first kappa shape index (κ1) is 25.0. The molecule has 0 radical (unpaired) electrons. The third-order valence-electron chi connectivity index (χ3n) is 3.95. The second kappa shape index (κ2) is 12.4. The van der Waals surface area contributed by atoms with Crippen LogP contribution in [0.1, 0.15) is 25.8 Å². The maximum atomic E-state index is 11.3. The topological polar surface area (TPSA) is 73.8 Å². The number of rotatable bonds is 9. The van der Waals surface area contributed by atoms with E-state index in [1.165, 1.54) is 17.5 Å². The van der Waals surface area contributed by atoms with Crippen molar-refractivity contribution in [1.29, 1.82) is 0 Å². The Morgan fingerprint density at radius 2 is 2.04 bits per heavy atom. The van der Waals surface area contributed by atoms with Crippen molar-refractivity contribution in [2.45, 2.75) is 33.2 Å². The normalized spacial score (nSPS) is 12.9. The van der Waals surface area contributed by atoms with Crippen LogP contribution in [0.4, 0.5) is 5.69 Å². The highest BCUT2D eigenvalue weighted by atomic mass is 127. The van der Waals surface area contributed by atoms with Gasteiger partial charge in [-0.25, -0.2) is 8.42 Å². The van der Waals surface area contributed by atoms with Crippen LogP contribution in [0.25, 0.3) is 0 Å². The van der Waals surface area contributed by atoms with Crippen molar-refractivity contribution in [3.8, 4) is 0 Å². The number of nitrogens with zero attached hydrogens (tertiary/aromatic N) is 2. The summed E-state index contributed by atoms with van der Waals surface area (Å²) in [5.74, 6) is 0.871. The highest BCUT2D eigenvalue weighted by molar-refractivity contribution is 14.0. The van der Waals surface area contributed by atoms with E-state index in [2.05, 4.69) is 58.6 Å². The van der Waals surface area contributed by atoms with Crippen molar-refractivity contribution in [2.24, 2.45) is 4.99 Å². The minimum Gasteiger partial charge on any atom is -0.370 e. The molecule has 0 aliphatic rings. The van der Waals surface area contributed by atoms with Gasteiger partial charge in [-0.3, -0.25) is 4.99 Å². The fourth-order valence-corrected chi connectivity index (χ4v) is 3.28. The highest BCUT2D eigenvalue weighted by Crippen LogP contribution is 2.14. The zero-order valence-corrected chi connectivity index (χ0v) is 19.6. The van der Waals surface area contributed by atoms with E-state index in [0.29, 0.717) is 12.4 Å². The lowest BCUT2D eigenvalue weighted by atomic mass is 10.2. The number of hydrogen-bond donors (Lipinski definition) is 2. The van der Waals surface area contributed by atoms with Gasteiger partial charge in [-0.05, 0) is 44.9 Å². The number of benzene rings is 1. The molecule has 1 rings (SSSR count). The van der Waals surface area contributed by atoms with Crippen LogP contribution < -0.4 is 15.5 Å². The summed E-state index contributed by atoms with van der Waals surface area (Å²) in [7, 11) is -1.22. The van der Waals surface area contributed by atoms with Crippen molar-refractivity contribution >= 4 is 45.5 Å². The number of anilines is 1. The van der Waals surface area contributed by atoms with Gasteiger partial charge in [0.1, 0.15) is 9.84 Å². The molecule has 26 heavy (non-hydrogen) atoms. The Balaban J connectivity index is 0.00000625. The molecule has 2 N–H and O–H groups in total. The van der Waals surface area contributed by atoms with Gasteiger partial charge in [-0.15, -0.1) is 24.0 Å². The number of halogens is 1. The molecule has 1 atom stereocenters. The van der Waals surface area contributed by atoms with Crippen molar-refractivity contribution in [3.05, 3.63) is 29.8 Å². The SMILES string of the molecule is CCN(CCNC(=NC)NC(C)CCS(C)(=O)=O)c1cccc(C)c1.I. The van der Waals surface area contributed by atoms with Gasteiger partial charge in [0, 0.05) is 44.7 Å². The van der Waals surface area contributed by atoms with Crippen molar-refractivity contribution < 1.29 is 8.42 Å². The summed E-state index contributed by atoms with van der Waals surface area (Å²) in [6.45, 7) is 8.74. The van der Waals surface area contributed by atoms with E-state index >= 15 is 0 Å². The number of aliphatic imine (C=N–C) groups is 1. The third-order valence-corrected chi connectivity index (χ3v) is 4.93. The Bertz CT molecular complexity index is 665. The Hall–Kier alpha value is -1.03. The van der Waals surface area contributed by atoms with Crippen LogP contribution in [-0.2, 0) is 9.84 Å². The number of guanidine groups is 1. The molecule has 0 amide bonds. The molecule has 0 aliphatic heterocycles. The number of sulfone groups is 1. The third kappa shape index (κ3) is 10.2. The van der Waals surface area contributed by atoms with Crippen LogP contribution >= 0.6 is 24.0 Å². The van der Waals surface area contributed by atoms with Crippen LogP contribution in [-0.4, -0.2) is 59.1 Å². The lowest BCUT2D eigenvalue weighted by molar-refractivity contribution is 0.581. The van der Waals surface area contributed by atoms with E-state index < -0.39 is 9.84 Å². The Labute approximate surface area is 175 Å². The molecule has 0 saturated carbocycles. The van der Waals surface area contributed by atoms with Crippen molar-refractivity contribution in [2.75, 3.05) is 43.6 Å². The summed E-state index contributed by atoms with van der Waals surface area (Å²) in [5, 5.41) is 6.53. The summed E-state index contributed by atoms with van der Waals surface area (Å²) in [5.41, 5.74) is 2.47. The van der Waals surface area contributed by atoms with Gasteiger partial charge in [-0.2, -0.15) is 0 Å². The maximum Gasteiger partial charge on any atom is 0.191 e. The average molecular weight is 496 g/mol. The number of likely N-dealkylation sites (N-methyl/N-ethyl adjacent to an activating group) is 1. The zero-order valence-electron chi connectivity index (χ0n) is 16.4. The van der Waals surface area contributed by atoms with E-state index in [-0.39, 0.29) is 35.8 Å². The Kier molecular flexibility index (Phi) is 11.9. The molecule has 0 aromatic heterocycles. The molecule has 0 bridgehead atoms. The molecule has 8 heteroatoms. The first-order valence-electron chi connectivity index (χ1n) is 8.71. The fraction of sp³-hybridized carbons (Fsp3) is 0.611. The quantitative estimate of drug-likeness (QED) is 0.312. The van der Waals surface area contributed by atoms with E-state index in [1.807, 2.05) is 6.92 Å². The standard InChI is InChI=1S/C18H32N4O2S.HI/c1-6-22(17-9-7-8-15(2)14-17)12-11-20-18(19-4)21-16(3)10-13-25(5,23)24;/h7-9,14,16H,6,10-13H2,1-5H3,(H2,19,20,21);1H. The largest absolute Gasteiger partial charge is 0.370 e. The number of hydrogen-bond acceptors (Lipinski definition) is 4. The molecule has 1 aromatic rings. The van der Waals surface area contributed by atoms with Gasteiger partial charge in [0.05, 0.1) is 5.75 Å². The Morgan fingerprint density at radius 3 is 2.58 bits per heavy atom. The smallest absolute Gasteiger partial charge is 0.191 e. The van der Waals surface area contributed by atoms with Gasteiger partial charge in [0.2, 0.25) is 0 Å². The van der Waals surface area contributed by atoms with Crippen molar-refractivity contribution in [3.63, 3.8) is 0 Å². The minimum atomic E-state index is -2.93. The second-order valence-electron chi connectivity index (χ2n) is 6.38. The molecular formula is C18H33IN4O2S. The molecule has 0 spiro atoms. The zero-order chi connectivity index (χ0) is 18.9. The van der Waals surface area contributed by atoms with Gasteiger partial charge in [0.15, 0.2) is 5.96 Å². The molecule has 150 valence electrons. The van der Waals surface area contributed by atoms with E-state index in [1.54, 1.807) is 7.05 Å². The monoisotopic (exact) mass is 496 g/mol. The number of aryl methyl sites for hydroxylation is 1. The van der Waals surface area contributed by atoms with E-state index in [9.17, 15) is 8.42 Å². The van der Waals surface area contributed by atoms with Crippen LogP contribution in [0.3, 0.4) is 0 Å². The average Bonchev–Trinajstić information content (AvgIpc) is 2.55. The predicted octanol–water partition coefficient (Wildman–Crippen LogP) is 2.43. The molecule has 0 heterocycles. The summed E-state index contributed by atoms with van der Waals surface area (Å²) in [4.78, 5) is 6.51. The fourth-order valence-electron chi connectivity index (χ4n) is 2.49. The van der Waals surface area contributed by atoms with Gasteiger partial charge < -0.3 is 15.5 Å². The highest BCUT2D eigenvalue weighted by Gasteiger charge is 2.10. The van der Waals surface area contributed by atoms with Gasteiger partial charge in [-0.1, -0.05) is 12.1 Å². The van der Waals surface area contributed by atoms with Crippen molar-refractivity contribution in [1.82, 2.24) is 10.6 Å². The van der Waals surface area contributed by atoms with Gasteiger partial charge in [0.25, 0.3) is 0 Å². The maximum absolute atomic E-state index is 11.3.